The van der Waals surface area contributed by atoms with Gasteiger partial charge in [-0.2, -0.15) is 0 Å². The molecule has 0 atom stereocenters. The summed E-state index contributed by atoms with van der Waals surface area (Å²) in [5.41, 5.74) is 1.34. The third-order valence-corrected chi connectivity index (χ3v) is 4.64. The Kier molecular flexibility index (Phi) is 6.75. The lowest BCUT2D eigenvalue weighted by Gasteiger charge is -2.23. The van der Waals surface area contributed by atoms with Gasteiger partial charge in [0.1, 0.15) is 11.9 Å². The van der Waals surface area contributed by atoms with Gasteiger partial charge in [-0.3, -0.25) is 9.59 Å². The zero-order valence-corrected chi connectivity index (χ0v) is 17.0. The van der Waals surface area contributed by atoms with Crippen LogP contribution >= 0.6 is 23.2 Å². The van der Waals surface area contributed by atoms with Gasteiger partial charge in [0.2, 0.25) is 0 Å². The Labute approximate surface area is 178 Å². The predicted molar refractivity (Wildman–Crippen MR) is 114 cm³/mol. The molecule has 0 unspecified atom stereocenters. The van der Waals surface area contributed by atoms with E-state index in [1.54, 1.807) is 72.8 Å². The Morgan fingerprint density at radius 1 is 0.793 bits per heavy atom. The van der Waals surface area contributed by atoms with E-state index in [1.165, 1.54) is 7.11 Å². The number of ether oxygens (including phenoxy) is 1. The highest BCUT2D eigenvalue weighted by atomic mass is 35.5. The number of rotatable bonds is 6. The van der Waals surface area contributed by atoms with E-state index in [0.29, 0.717) is 32.5 Å². The number of hydrogen-bond donors (Lipinski definition) is 2. The van der Waals surface area contributed by atoms with Crippen molar-refractivity contribution in [3.8, 4) is 5.75 Å². The minimum atomic E-state index is -0.843. The van der Waals surface area contributed by atoms with E-state index in [2.05, 4.69) is 10.6 Å². The third-order valence-electron chi connectivity index (χ3n) is 4.17. The number of nitrogens with one attached hydrogen (secondary N) is 2. The molecular formula is C22H18Cl2N2O3. The minimum absolute atomic E-state index is 0.370. The fraction of sp³-hybridized carbons (Fsp3) is 0.0909. The lowest BCUT2D eigenvalue weighted by atomic mass is 10.1. The zero-order chi connectivity index (χ0) is 20.8. The molecule has 0 saturated carbocycles. The number of amides is 2. The first kappa shape index (κ1) is 20.7. The van der Waals surface area contributed by atoms with Crippen molar-refractivity contribution in [3.05, 3.63) is 99.5 Å². The number of carbonyl (C=O) groups excluding carboxylic acids is 2. The van der Waals surface area contributed by atoms with Gasteiger partial charge in [0.05, 0.1) is 7.11 Å². The molecule has 0 spiro atoms. The van der Waals surface area contributed by atoms with Gasteiger partial charge in [0.25, 0.3) is 11.8 Å². The average molecular weight is 429 g/mol. The summed E-state index contributed by atoms with van der Waals surface area (Å²) < 4.78 is 5.39. The standard InChI is InChI=1S/C22H18Cl2N2O3/c1-29-19-11-3-2-10-18(19)20(25-21(27)14-6-4-8-16(23)12-14)26-22(28)15-7-5-9-17(24)13-15/h2-13,20H,1H3,(H,25,27)(H,26,28). The van der Waals surface area contributed by atoms with Crippen LogP contribution in [0.3, 0.4) is 0 Å². The maximum atomic E-state index is 12.8. The quantitative estimate of drug-likeness (QED) is 0.550. The van der Waals surface area contributed by atoms with Crippen molar-refractivity contribution in [2.45, 2.75) is 6.17 Å². The van der Waals surface area contributed by atoms with E-state index in [-0.39, 0.29) is 0 Å². The molecule has 3 rings (SSSR count). The second kappa shape index (κ2) is 9.45. The van der Waals surface area contributed by atoms with Gasteiger partial charge in [-0.05, 0) is 42.5 Å². The van der Waals surface area contributed by atoms with E-state index in [9.17, 15) is 9.59 Å². The number of methoxy groups -OCH3 is 1. The molecule has 0 aliphatic carbocycles. The molecule has 3 aromatic carbocycles. The van der Waals surface area contributed by atoms with Gasteiger partial charge < -0.3 is 15.4 Å². The summed E-state index contributed by atoms with van der Waals surface area (Å²) >= 11 is 12.0. The summed E-state index contributed by atoms with van der Waals surface area (Å²) in [4.78, 5) is 25.5. The van der Waals surface area contributed by atoms with Gasteiger partial charge in [-0.1, -0.05) is 53.5 Å². The molecule has 0 radical (unpaired) electrons. The lowest BCUT2D eigenvalue weighted by Crippen LogP contribution is -2.41. The van der Waals surface area contributed by atoms with Crippen LogP contribution < -0.4 is 15.4 Å². The fourth-order valence-corrected chi connectivity index (χ4v) is 3.17. The lowest BCUT2D eigenvalue weighted by molar-refractivity contribution is 0.0882. The first-order valence-electron chi connectivity index (χ1n) is 8.73. The molecule has 3 aromatic rings. The van der Waals surface area contributed by atoms with E-state index >= 15 is 0 Å². The Morgan fingerprint density at radius 2 is 1.31 bits per heavy atom. The number of benzene rings is 3. The number of hydrogen-bond acceptors (Lipinski definition) is 3. The van der Waals surface area contributed by atoms with E-state index in [1.807, 2.05) is 0 Å². The van der Waals surface area contributed by atoms with Crippen molar-refractivity contribution in [3.63, 3.8) is 0 Å². The highest BCUT2D eigenvalue weighted by molar-refractivity contribution is 6.31. The van der Waals surface area contributed by atoms with Gasteiger partial charge in [-0.25, -0.2) is 0 Å². The monoisotopic (exact) mass is 428 g/mol. The van der Waals surface area contributed by atoms with Gasteiger partial charge in [-0.15, -0.1) is 0 Å². The molecular weight excluding hydrogens is 411 g/mol. The fourth-order valence-electron chi connectivity index (χ4n) is 2.78. The highest BCUT2D eigenvalue weighted by Crippen LogP contribution is 2.24. The van der Waals surface area contributed by atoms with Crippen LogP contribution in [0.4, 0.5) is 0 Å². The van der Waals surface area contributed by atoms with Crippen molar-refractivity contribution >= 4 is 35.0 Å². The van der Waals surface area contributed by atoms with Crippen molar-refractivity contribution in [1.82, 2.24) is 10.6 Å². The molecule has 0 aliphatic rings. The number of para-hydroxylation sites is 1. The molecule has 148 valence electrons. The molecule has 0 heterocycles. The molecule has 0 fully saturated rings. The van der Waals surface area contributed by atoms with Gasteiger partial charge in [0.15, 0.2) is 0 Å². The van der Waals surface area contributed by atoms with Gasteiger partial charge >= 0.3 is 0 Å². The van der Waals surface area contributed by atoms with Crippen LogP contribution in [0.15, 0.2) is 72.8 Å². The zero-order valence-electron chi connectivity index (χ0n) is 15.5. The van der Waals surface area contributed by atoms with E-state index in [4.69, 9.17) is 27.9 Å². The molecule has 7 heteroatoms. The minimum Gasteiger partial charge on any atom is -0.496 e. The van der Waals surface area contributed by atoms with Gasteiger partial charge in [0, 0.05) is 26.7 Å². The molecule has 29 heavy (non-hydrogen) atoms. The first-order valence-corrected chi connectivity index (χ1v) is 9.49. The summed E-state index contributed by atoms with van der Waals surface area (Å²) in [7, 11) is 1.52. The molecule has 2 amide bonds. The molecule has 0 saturated heterocycles. The molecule has 0 aromatic heterocycles. The maximum absolute atomic E-state index is 12.8. The third kappa shape index (κ3) is 5.28. The Balaban J connectivity index is 1.91. The van der Waals surface area contributed by atoms with Crippen molar-refractivity contribution in [2.24, 2.45) is 0 Å². The second-order valence-electron chi connectivity index (χ2n) is 6.14. The topological polar surface area (TPSA) is 67.4 Å². The van der Waals surface area contributed by atoms with Crippen LogP contribution in [-0.2, 0) is 0 Å². The SMILES string of the molecule is COc1ccccc1C(NC(=O)c1cccc(Cl)c1)NC(=O)c1cccc(Cl)c1. The van der Waals surface area contributed by atoms with Crippen molar-refractivity contribution < 1.29 is 14.3 Å². The number of carbonyl (C=O) groups is 2. The highest BCUT2D eigenvalue weighted by Gasteiger charge is 2.22. The summed E-state index contributed by atoms with van der Waals surface area (Å²) in [5, 5.41) is 6.53. The molecule has 2 N–H and O–H groups in total. The summed E-state index contributed by atoms with van der Waals surface area (Å²) in [6, 6.07) is 20.2. The second-order valence-corrected chi connectivity index (χ2v) is 7.02. The van der Waals surface area contributed by atoms with Crippen LogP contribution in [0.5, 0.6) is 5.75 Å². The molecule has 5 nitrogen and oxygen atoms in total. The first-order chi connectivity index (χ1) is 14.0. The van der Waals surface area contributed by atoms with Crippen LogP contribution in [0.2, 0.25) is 10.0 Å². The summed E-state index contributed by atoms with van der Waals surface area (Å²) in [5.74, 6) is -0.264. The summed E-state index contributed by atoms with van der Waals surface area (Å²) in [6.07, 6.45) is -0.843. The Morgan fingerprint density at radius 3 is 1.79 bits per heavy atom. The van der Waals surface area contributed by atoms with Crippen LogP contribution in [-0.4, -0.2) is 18.9 Å². The number of halogens is 2. The predicted octanol–water partition coefficient (Wildman–Crippen LogP) is 4.86. The summed E-state index contributed by atoms with van der Waals surface area (Å²) in [6.45, 7) is 0. The largest absolute Gasteiger partial charge is 0.496 e. The van der Waals surface area contributed by atoms with Crippen LogP contribution in [0, 0.1) is 0 Å². The van der Waals surface area contributed by atoms with Crippen molar-refractivity contribution in [2.75, 3.05) is 7.11 Å². The molecule has 0 bridgehead atoms. The van der Waals surface area contributed by atoms with Crippen molar-refractivity contribution in [1.29, 1.82) is 0 Å². The van der Waals surface area contributed by atoms with E-state index < -0.39 is 18.0 Å². The molecule has 0 aliphatic heterocycles. The maximum Gasteiger partial charge on any atom is 0.253 e. The van der Waals surface area contributed by atoms with E-state index in [0.717, 1.165) is 0 Å². The Bertz CT molecular complexity index is 980. The van der Waals surface area contributed by atoms with Crippen LogP contribution in [0.25, 0.3) is 0 Å². The Hall–Kier alpha value is -3.02. The average Bonchev–Trinajstić information content (AvgIpc) is 2.73. The van der Waals surface area contributed by atoms with Crippen LogP contribution in [0.1, 0.15) is 32.4 Å². The smallest absolute Gasteiger partial charge is 0.253 e. The normalized spacial score (nSPS) is 10.5.